The molecule has 2 saturated carbocycles. The molecule has 0 radical (unpaired) electrons. The maximum Gasteiger partial charge on any atom is 0.238 e. The van der Waals surface area contributed by atoms with E-state index in [1.807, 2.05) is 0 Å². The second-order valence-electron chi connectivity index (χ2n) is 7.36. The van der Waals surface area contributed by atoms with Crippen molar-refractivity contribution < 1.29 is 4.79 Å². The molecule has 122 valence electrons. The van der Waals surface area contributed by atoms with E-state index in [1.54, 1.807) is 0 Å². The van der Waals surface area contributed by atoms with Gasteiger partial charge in [-0.25, -0.2) is 0 Å². The highest BCUT2D eigenvalue weighted by Gasteiger charge is 2.47. The number of primary amides is 1. The standard InChI is InChI=1S/C17H33N3O/c1-4-19-17(16(18)21)10-5-6-14(17)9-11-20(12-13(2)3)15-7-8-15/h13-15,19H,4-12H2,1-3H3,(H2,18,21). The van der Waals surface area contributed by atoms with Crippen molar-refractivity contribution >= 4 is 5.91 Å². The van der Waals surface area contributed by atoms with Crippen molar-refractivity contribution in [2.45, 2.75) is 70.9 Å². The number of hydrogen-bond donors (Lipinski definition) is 2. The quantitative estimate of drug-likeness (QED) is 0.685. The lowest BCUT2D eigenvalue weighted by Crippen LogP contribution is -2.58. The molecule has 1 amide bonds. The van der Waals surface area contributed by atoms with Gasteiger partial charge in [0, 0.05) is 12.6 Å². The first-order valence-corrected chi connectivity index (χ1v) is 8.78. The van der Waals surface area contributed by atoms with Crippen LogP contribution >= 0.6 is 0 Å². The summed E-state index contributed by atoms with van der Waals surface area (Å²) in [6.45, 7) is 9.76. The molecule has 2 atom stereocenters. The Labute approximate surface area is 129 Å². The second kappa shape index (κ2) is 7.10. The Balaban J connectivity index is 1.94. The zero-order valence-corrected chi connectivity index (χ0v) is 14.0. The third-order valence-corrected chi connectivity index (χ3v) is 5.18. The molecule has 0 saturated heterocycles. The first-order valence-electron chi connectivity index (χ1n) is 8.78. The Morgan fingerprint density at radius 1 is 1.38 bits per heavy atom. The van der Waals surface area contributed by atoms with E-state index in [9.17, 15) is 4.79 Å². The van der Waals surface area contributed by atoms with E-state index in [1.165, 1.54) is 19.4 Å². The molecule has 2 rings (SSSR count). The Bertz CT molecular complexity index is 354. The van der Waals surface area contributed by atoms with Crippen LogP contribution in [0.3, 0.4) is 0 Å². The molecule has 3 N–H and O–H groups in total. The average molecular weight is 295 g/mol. The van der Waals surface area contributed by atoms with Gasteiger partial charge in [-0.2, -0.15) is 0 Å². The molecule has 2 unspecified atom stereocenters. The van der Waals surface area contributed by atoms with Crippen LogP contribution in [-0.4, -0.2) is 42.0 Å². The maximum atomic E-state index is 12.0. The van der Waals surface area contributed by atoms with E-state index < -0.39 is 5.54 Å². The number of rotatable bonds is 9. The smallest absolute Gasteiger partial charge is 0.238 e. The highest BCUT2D eigenvalue weighted by molar-refractivity contribution is 5.85. The minimum absolute atomic E-state index is 0.145. The van der Waals surface area contributed by atoms with Crippen LogP contribution in [0.4, 0.5) is 0 Å². The van der Waals surface area contributed by atoms with Gasteiger partial charge in [0.15, 0.2) is 0 Å². The Hall–Kier alpha value is -0.610. The average Bonchev–Trinajstić information content (AvgIpc) is 3.17. The summed E-state index contributed by atoms with van der Waals surface area (Å²) in [5.74, 6) is 0.973. The molecule has 0 spiro atoms. The zero-order valence-electron chi connectivity index (χ0n) is 14.0. The molecule has 2 fully saturated rings. The van der Waals surface area contributed by atoms with Crippen LogP contribution < -0.4 is 11.1 Å². The van der Waals surface area contributed by atoms with Gasteiger partial charge in [0.25, 0.3) is 0 Å². The molecule has 0 aliphatic heterocycles. The van der Waals surface area contributed by atoms with Crippen LogP contribution in [0.1, 0.15) is 59.3 Å². The number of nitrogens with two attached hydrogens (primary N) is 1. The van der Waals surface area contributed by atoms with E-state index in [2.05, 4.69) is 31.0 Å². The molecule has 2 aliphatic carbocycles. The topological polar surface area (TPSA) is 58.4 Å². The van der Waals surface area contributed by atoms with Gasteiger partial charge in [-0.05, 0) is 57.0 Å². The number of likely N-dealkylation sites (N-methyl/N-ethyl adjacent to an activating group) is 1. The van der Waals surface area contributed by atoms with Crippen LogP contribution in [0, 0.1) is 11.8 Å². The number of amides is 1. The van der Waals surface area contributed by atoms with Gasteiger partial charge in [0.2, 0.25) is 5.91 Å². The molecule has 0 aromatic rings. The SMILES string of the molecule is CCNC1(C(N)=O)CCCC1CCN(CC(C)C)C1CC1. The molecule has 0 bridgehead atoms. The summed E-state index contributed by atoms with van der Waals surface area (Å²) in [6, 6.07) is 0.802. The van der Waals surface area contributed by atoms with Gasteiger partial charge in [0.1, 0.15) is 5.54 Å². The summed E-state index contributed by atoms with van der Waals surface area (Å²) < 4.78 is 0. The molecule has 4 heteroatoms. The minimum Gasteiger partial charge on any atom is -0.368 e. The van der Waals surface area contributed by atoms with E-state index in [-0.39, 0.29) is 5.91 Å². The number of carbonyl (C=O) groups is 1. The fourth-order valence-electron chi connectivity index (χ4n) is 4.08. The normalized spacial score (nSPS) is 29.5. The van der Waals surface area contributed by atoms with Crippen LogP contribution in [0.25, 0.3) is 0 Å². The van der Waals surface area contributed by atoms with Crippen molar-refractivity contribution in [3.8, 4) is 0 Å². The maximum absolute atomic E-state index is 12.0. The van der Waals surface area contributed by atoms with Crippen molar-refractivity contribution in [3.05, 3.63) is 0 Å². The van der Waals surface area contributed by atoms with Gasteiger partial charge in [-0.3, -0.25) is 4.79 Å². The minimum atomic E-state index is -0.443. The van der Waals surface area contributed by atoms with E-state index in [4.69, 9.17) is 5.73 Å². The summed E-state index contributed by atoms with van der Waals surface area (Å²) in [7, 11) is 0. The van der Waals surface area contributed by atoms with Crippen LogP contribution in [0.5, 0.6) is 0 Å². The number of nitrogens with one attached hydrogen (secondary N) is 1. The number of carbonyl (C=O) groups excluding carboxylic acids is 1. The summed E-state index contributed by atoms with van der Waals surface area (Å²) in [4.78, 5) is 14.7. The van der Waals surface area contributed by atoms with Crippen molar-refractivity contribution in [1.29, 1.82) is 0 Å². The van der Waals surface area contributed by atoms with Gasteiger partial charge in [-0.1, -0.05) is 27.2 Å². The van der Waals surface area contributed by atoms with E-state index in [0.29, 0.717) is 11.8 Å². The van der Waals surface area contributed by atoms with Crippen molar-refractivity contribution in [2.75, 3.05) is 19.6 Å². The van der Waals surface area contributed by atoms with Gasteiger partial charge < -0.3 is 16.0 Å². The molecule has 4 nitrogen and oxygen atoms in total. The summed E-state index contributed by atoms with van der Waals surface area (Å²) >= 11 is 0. The van der Waals surface area contributed by atoms with E-state index in [0.717, 1.165) is 44.8 Å². The van der Waals surface area contributed by atoms with Gasteiger partial charge >= 0.3 is 0 Å². The third-order valence-electron chi connectivity index (χ3n) is 5.18. The van der Waals surface area contributed by atoms with Crippen molar-refractivity contribution in [3.63, 3.8) is 0 Å². The molecule has 0 aromatic carbocycles. The first-order chi connectivity index (χ1) is 9.99. The molecule has 0 heterocycles. The van der Waals surface area contributed by atoms with Gasteiger partial charge in [-0.15, -0.1) is 0 Å². The molecular weight excluding hydrogens is 262 g/mol. The predicted octanol–water partition coefficient (Wildman–Crippen LogP) is 2.13. The molecule has 2 aliphatic rings. The van der Waals surface area contributed by atoms with Gasteiger partial charge in [0.05, 0.1) is 0 Å². The largest absolute Gasteiger partial charge is 0.368 e. The van der Waals surface area contributed by atoms with Crippen molar-refractivity contribution in [2.24, 2.45) is 17.6 Å². The lowest BCUT2D eigenvalue weighted by atomic mass is 9.83. The Morgan fingerprint density at radius 2 is 2.10 bits per heavy atom. The van der Waals surface area contributed by atoms with Crippen LogP contribution in [0.2, 0.25) is 0 Å². The van der Waals surface area contributed by atoms with Crippen molar-refractivity contribution in [1.82, 2.24) is 10.2 Å². The fourth-order valence-corrected chi connectivity index (χ4v) is 4.08. The summed E-state index contributed by atoms with van der Waals surface area (Å²) in [5.41, 5.74) is 5.31. The highest BCUT2D eigenvalue weighted by atomic mass is 16.1. The molecule has 21 heavy (non-hydrogen) atoms. The molecular formula is C17H33N3O. The lowest BCUT2D eigenvalue weighted by Gasteiger charge is -2.35. The summed E-state index contributed by atoms with van der Waals surface area (Å²) in [5, 5.41) is 3.42. The van der Waals surface area contributed by atoms with Crippen LogP contribution in [-0.2, 0) is 4.79 Å². The Morgan fingerprint density at radius 3 is 2.62 bits per heavy atom. The monoisotopic (exact) mass is 295 g/mol. The van der Waals surface area contributed by atoms with Crippen LogP contribution in [0.15, 0.2) is 0 Å². The lowest BCUT2D eigenvalue weighted by molar-refractivity contribution is -0.126. The second-order valence-corrected chi connectivity index (χ2v) is 7.36. The number of nitrogens with zero attached hydrogens (tertiary/aromatic N) is 1. The predicted molar refractivity (Wildman–Crippen MR) is 87.0 cm³/mol. The number of hydrogen-bond acceptors (Lipinski definition) is 3. The first kappa shape index (κ1) is 16.8. The molecule has 0 aromatic heterocycles. The third kappa shape index (κ3) is 3.98. The fraction of sp³-hybridized carbons (Fsp3) is 0.941. The van der Waals surface area contributed by atoms with E-state index >= 15 is 0 Å². The summed E-state index contributed by atoms with van der Waals surface area (Å²) in [6.07, 6.45) is 6.97. The Kier molecular flexibility index (Phi) is 5.67. The zero-order chi connectivity index (χ0) is 15.5. The highest BCUT2D eigenvalue weighted by Crippen LogP contribution is 2.39.